The minimum Gasteiger partial charge on any atom is -0.226 e. The summed E-state index contributed by atoms with van der Waals surface area (Å²) in [6.07, 6.45) is 0. The highest BCUT2D eigenvalue weighted by Gasteiger charge is 2.86. The van der Waals surface area contributed by atoms with E-state index < -0.39 is 11.0 Å². The average Bonchev–Trinajstić information content (AvgIpc) is 1.84. The molecule has 0 aromatic rings. The second-order valence-electron chi connectivity index (χ2n) is 1.72. The average molecular weight is 455 g/mol. The fraction of sp³-hybridized carbons (Fsp3) is 1.00. The molecule has 0 aliphatic heterocycles. The molecule has 6 heteroatoms. The van der Waals surface area contributed by atoms with Gasteiger partial charge in [0.05, 0.1) is 0 Å². The van der Waals surface area contributed by atoms with E-state index in [1.807, 2.05) is 0 Å². The van der Waals surface area contributed by atoms with Gasteiger partial charge in [0.1, 0.15) is 0 Å². The summed E-state index contributed by atoms with van der Waals surface area (Å²) in [6, 6.07) is 0. The van der Waals surface area contributed by atoms with Crippen molar-refractivity contribution in [3.05, 3.63) is 0 Å². The zero-order valence-corrected chi connectivity index (χ0v) is 11.7. The zero-order valence-electron chi connectivity index (χ0n) is 3.77. The van der Waals surface area contributed by atoms with Crippen molar-refractivity contribution in [2.45, 2.75) is 11.0 Å². The molecule has 0 radical (unpaired) electrons. The van der Waals surface area contributed by atoms with Gasteiger partial charge < -0.3 is 0 Å². The Balaban J connectivity index is 2.91. The van der Waals surface area contributed by atoms with Gasteiger partial charge in [-0.2, -0.15) is 0 Å². The van der Waals surface area contributed by atoms with Crippen LogP contribution in [0.25, 0.3) is 0 Å². The predicted molar refractivity (Wildman–Crippen MR) is 53.9 cm³/mol. The largest absolute Gasteiger partial charge is 0.226 e. The SMILES string of the molecule is FC1(Br)C(Br)(Br)C1(Br)Br. The van der Waals surface area contributed by atoms with Crippen LogP contribution in [0.5, 0.6) is 0 Å². The first-order valence-electron chi connectivity index (χ1n) is 1.88. The highest BCUT2D eigenvalue weighted by Crippen LogP contribution is 2.80. The van der Waals surface area contributed by atoms with Crippen molar-refractivity contribution >= 4 is 79.6 Å². The Hall–Kier alpha value is 2.33. The highest BCUT2D eigenvalue weighted by atomic mass is 79.9. The van der Waals surface area contributed by atoms with E-state index in [9.17, 15) is 4.39 Å². The van der Waals surface area contributed by atoms with E-state index in [0.717, 1.165) is 0 Å². The van der Waals surface area contributed by atoms with E-state index in [0.29, 0.717) is 0 Å². The molecule has 54 valence electrons. The Morgan fingerprint density at radius 1 is 0.778 bits per heavy atom. The first-order valence-corrected chi connectivity index (χ1v) is 5.85. The van der Waals surface area contributed by atoms with E-state index in [-0.39, 0.29) is 0 Å². The minimum absolute atomic E-state index is 0.750. The summed E-state index contributed by atoms with van der Waals surface area (Å²) >= 11 is 15.4. The first kappa shape index (κ1) is 9.42. The van der Waals surface area contributed by atoms with Gasteiger partial charge in [0.2, 0.25) is 4.58 Å². The molecule has 0 N–H and O–H groups in total. The van der Waals surface area contributed by atoms with E-state index in [2.05, 4.69) is 79.6 Å². The molecule has 0 unspecified atom stereocenters. The smallest absolute Gasteiger partial charge is 0.219 e. The maximum atomic E-state index is 13.1. The minimum atomic E-state index is -1.48. The quantitative estimate of drug-likeness (QED) is 0.485. The van der Waals surface area contributed by atoms with Crippen LogP contribution in [0.2, 0.25) is 0 Å². The third-order valence-electron chi connectivity index (χ3n) is 1.12. The Morgan fingerprint density at radius 3 is 0.889 bits per heavy atom. The van der Waals surface area contributed by atoms with Gasteiger partial charge in [-0.3, -0.25) is 0 Å². The number of hydrogen-bond donors (Lipinski definition) is 0. The Bertz CT molecular complexity index is 110. The lowest BCUT2D eigenvalue weighted by Gasteiger charge is -1.92. The second-order valence-corrected chi connectivity index (χ2v) is 9.70. The van der Waals surface area contributed by atoms with Crippen molar-refractivity contribution in [2.75, 3.05) is 0 Å². The van der Waals surface area contributed by atoms with Crippen LogP contribution in [0.4, 0.5) is 4.39 Å². The molecule has 0 spiro atoms. The molecule has 1 fully saturated rings. The molecule has 0 atom stereocenters. The highest BCUT2D eigenvalue weighted by molar-refractivity contribution is 9.33. The number of rotatable bonds is 0. The molecular formula is C3Br5F. The summed E-state index contributed by atoms with van der Waals surface area (Å²) in [5.74, 6) is 0. The van der Waals surface area contributed by atoms with E-state index in [1.54, 1.807) is 0 Å². The Labute approximate surface area is 94.0 Å². The van der Waals surface area contributed by atoms with Gasteiger partial charge in [0.25, 0.3) is 0 Å². The third-order valence-corrected chi connectivity index (χ3v) is 11.1. The lowest BCUT2D eigenvalue weighted by Crippen LogP contribution is -1.96. The summed E-state index contributed by atoms with van der Waals surface area (Å²) < 4.78 is 10.1. The Morgan fingerprint density at radius 2 is 0.889 bits per heavy atom. The van der Waals surface area contributed by atoms with Crippen molar-refractivity contribution in [1.82, 2.24) is 0 Å². The molecule has 1 rings (SSSR count). The first-order chi connectivity index (χ1) is 3.75. The van der Waals surface area contributed by atoms with Crippen LogP contribution in [-0.2, 0) is 0 Å². The summed E-state index contributed by atoms with van der Waals surface area (Å²) in [4.78, 5) is 0. The van der Waals surface area contributed by atoms with E-state index >= 15 is 0 Å². The van der Waals surface area contributed by atoms with Gasteiger partial charge in [-0.25, -0.2) is 4.39 Å². The van der Waals surface area contributed by atoms with Crippen LogP contribution in [-0.4, -0.2) is 11.0 Å². The van der Waals surface area contributed by atoms with Crippen molar-refractivity contribution in [3.63, 3.8) is 0 Å². The molecule has 1 aliphatic carbocycles. The van der Waals surface area contributed by atoms with E-state index in [4.69, 9.17) is 0 Å². The van der Waals surface area contributed by atoms with Crippen LogP contribution in [0, 0.1) is 0 Å². The van der Waals surface area contributed by atoms with Gasteiger partial charge in [0.15, 0.2) is 6.47 Å². The maximum absolute atomic E-state index is 13.1. The van der Waals surface area contributed by atoms with Crippen molar-refractivity contribution < 1.29 is 4.39 Å². The van der Waals surface area contributed by atoms with Crippen molar-refractivity contribution in [1.29, 1.82) is 0 Å². The fourth-order valence-electron chi connectivity index (χ4n) is 0.356. The summed E-state index contributed by atoms with van der Waals surface area (Å²) in [7, 11) is 0. The molecule has 0 aromatic carbocycles. The molecule has 0 heterocycles. The molecule has 1 saturated carbocycles. The van der Waals surface area contributed by atoms with Crippen LogP contribution in [0.1, 0.15) is 0 Å². The van der Waals surface area contributed by atoms with Crippen LogP contribution < -0.4 is 0 Å². The molecule has 1 aliphatic rings. The molecule has 0 bridgehead atoms. The molecular weight excluding hydrogens is 455 g/mol. The molecule has 0 saturated heterocycles. The summed E-state index contributed by atoms with van der Waals surface area (Å²) in [5.41, 5.74) is 0. The van der Waals surface area contributed by atoms with Crippen LogP contribution in [0.3, 0.4) is 0 Å². The number of alkyl halides is 6. The number of hydrogen-bond acceptors (Lipinski definition) is 0. The standard InChI is InChI=1S/C3Br5F/c4-1(5)2(6,7)3(1,8)9. The molecule has 0 nitrogen and oxygen atoms in total. The van der Waals surface area contributed by atoms with Gasteiger partial charge >= 0.3 is 0 Å². The van der Waals surface area contributed by atoms with E-state index in [1.165, 1.54) is 0 Å². The second kappa shape index (κ2) is 2.18. The third kappa shape index (κ3) is 0.960. The van der Waals surface area contributed by atoms with Crippen LogP contribution >= 0.6 is 79.6 Å². The molecule has 0 aromatic heterocycles. The Kier molecular flexibility index (Phi) is 2.28. The predicted octanol–water partition coefficient (Wildman–Crippen LogP) is 4.03. The number of halogens is 6. The maximum Gasteiger partial charge on any atom is 0.219 e. The van der Waals surface area contributed by atoms with Gasteiger partial charge in [-0.05, 0) is 15.9 Å². The van der Waals surface area contributed by atoms with Gasteiger partial charge in [-0.1, -0.05) is 63.7 Å². The fourth-order valence-corrected chi connectivity index (χ4v) is 4.87. The van der Waals surface area contributed by atoms with Gasteiger partial charge in [-0.15, -0.1) is 0 Å². The zero-order chi connectivity index (χ0) is 7.50. The normalized spacial score (nSPS) is 34.0. The summed E-state index contributed by atoms with van der Waals surface area (Å²) in [6.45, 7) is 0. The van der Waals surface area contributed by atoms with Crippen molar-refractivity contribution in [3.8, 4) is 0 Å². The summed E-state index contributed by atoms with van der Waals surface area (Å²) in [5, 5.41) is 0. The van der Waals surface area contributed by atoms with Crippen LogP contribution in [0.15, 0.2) is 0 Å². The monoisotopic (exact) mass is 450 g/mol. The lowest BCUT2D eigenvalue weighted by atomic mass is 10.9. The topological polar surface area (TPSA) is 0 Å². The lowest BCUT2D eigenvalue weighted by molar-refractivity contribution is 0.447. The van der Waals surface area contributed by atoms with Crippen molar-refractivity contribution in [2.24, 2.45) is 0 Å². The molecule has 9 heavy (non-hydrogen) atoms. The molecule has 0 amide bonds. The van der Waals surface area contributed by atoms with Gasteiger partial charge in [0, 0.05) is 0 Å².